The average Bonchev–Trinajstić information content (AvgIpc) is 2.35. The maximum Gasteiger partial charge on any atom is 0.335 e. The van der Waals surface area contributed by atoms with Crippen molar-refractivity contribution < 1.29 is 9.90 Å². The van der Waals surface area contributed by atoms with Gasteiger partial charge in [-0.15, -0.1) is 0 Å². The number of nitrogen functional groups attached to an aromatic ring is 1. The number of hydrogen-bond donors (Lipinski definition) is 3. The molecule has 4 nitrogen and oxygen atoms in total. The molecule has 0 unspecified atom stereocenters. The largest absolute Gasteiger partial charge is 0.478 e. The highest BCUT2D eigenvalue weighted by Gasteiger charge is 2.09. The van der Waals surface area contributed by atoms with E-state index in [-0.39, 0.29) is 5.56 Å². The quantitative estimate of drug-likeness (QED) is 0.736. The van der Waals surface area contributed by atoms with Crippen molar-refractivity contribution in [1.82, 2.24) is 0 Å². The number of nitrogens with two attached hydrogens (primary N) is 1. The van der Waals surface area contributed by atoms with Crippen LogP contribution in [0.1, 0.15) is 21.5 Å². The maximum atomic E-state index is 11.0. The van der Waals surface area contributed by atoms with Crippen LogP contribution in [0, 0.1) is 13.8 Å². The zero-order valence-electron chi connectivity index (χ0n) is 10.9. The Balaban J connectivity index is 2.43. The Labute approximate surface area is 111 Å². The minimum Gasteiger partial charge on any atom is -0.478 e. The molecule has 0 heterocycles. The lowest BCUT2D eigenvalue weighted by Gasteiger charge is -2.14. The molecule has 0 spiro atoms. The van der Waals surface area contributed by atoms with Crippen molar-refractivity contribution >= 4 is 23.0 Å². The summed E-state index contributed by atoms with van der Waals surface area (Å²) in [7, 11) is 0. The fourth-order valence-electron chi connectivity index (χ4n) is 1.94. The number of anilines is 3. The third-order valence-electron chi connectivity index (χ3n) is 3.04. The van der Waals surface area contributed by atoms with Crippen molar-refractivity contribution in [3.05, 3.63) is 53.1 Å². The fourth-order valence-corrected chi connectivity index (χ4v) is 1.94. The molecule has 2 aromatic carbocycles. The van der Waals surface area contributed by atoms with Crippen LogP contribution in [-0.4, -0.2) is 11.1 Å². The zero-order valence-corrected chi connectivity index (χ0v) is 10.9. The Morgan fingerprint density at radius 1 is 1.16 bits per heavy atom. The highest BCUT2D eigenvalue weighted by molar-refractivity contribution is 5.91. The van der Waals surface area contributed by atoms with Gasteiger partial charge in [-0.3, -0.25) is 0 Å². The number of aromatic carboxylic acids is 1. The van der Waals surface area contributed by atoms with E-state index in [1.807, 2.05) is 32.0 Å². The topological polar surface area (TPSA) is 75.3 Å². The molecule has 0 bridgehead atoms. The number of aryl methyl sites for hydroxylation is 2. The summed E-state index contributed by atoms with van der Waals surface area (Å²) in [5.74, 6) is -0.968. The summed E-state index contributed by atoms with van der Waals surface area (Å²) in [6.45, 7) is 3.99. The molecule has 0 atom stereocenters. The molecule has 0 amide bonds. The predicted molar refractivity (Wildman–Crippen MR) is 77.0 cm³/mol. The molecule has 0 aliphatic carbocycles. The van der Waals surface area contributed by atoms with Crippen molar-refractivity contribution in [1.29, 1.82) is 0 Å². The first-order valence-corrected chi connectivity index (χ1v) is 5.95. The van der Waals surface area contributed by atoms with Crippen LogP contribution in [0.2, 0.25) is 0 Å². The summed E-state index contributed by atoms with van der Waals surface area (Å²) in [6.07, 6.45) is 0. The van der Waals surface area contributed by atoms with Gasteiger partial charge in [-0.05, 0) is 43.2 Å². The van der Waals surface area contributed by atoms with Gasteiger partial charge in [0.1, 0.15) is 0 Å². The minimum atomic E-state index is -0.968. The number of carbonyl (C=O) groups is 1. The van der Waals surface area contributed by atoms with Crippen molar-refractivity contribution in [3.63, 3.8) is 0 Å². The molecule has 0 aromatic heterocycles. The average molecular weight is 256 g/mol. The summed E-state index contributed by atoms with van der Waals surface area (Å²) >= 11 is 0. The molecule has 2 aromatic rings. The van der Waals surface area contributed by atoms with Crippen LogP contribution >= 0.6 is 0 Å². The molecule has 0 saturated carbocycles. The molecule has 98 valence electrons. The highest BCUT2D eigenvalue weighted by atomic mass is 16.4. The van der Waals surface area contributed by atoms with Crippen LogP contribution in [0.4, 0.5) is 17.1 Å². The summed E-state index contributed by atoms with van der Waals surface area (Å²) in [5.41, 5.74) is 10.3. The lowest BCUT2D eigenvalue weighted by molar-refractivity contribution is 0.0697. The second-order valence-electron chi connectivity index (χ2n) is 4.50. The first-order valence-electron chi connectivity index (χ1n) is 5.95. The van der Waals surface area contributed by atoms with Gasteiger partial charge in [-0.2, -0.15) is 0 Å². The van der Waals surface area contributed by atoms with Crippen LogP contribution < -0.4 is 11.1 Å². The lowest BCUT2D eigenvalue weighted by atomic mass is 10.1. The van der Waals surface area contributed by atoms with Crippen molar-refractivity contribution in [3.8, 4) is 0 Å². The summed E-state index contributed by atoms with van der Waals surface area (Å²) < 4.78 is 0. The van der Waals surface area contributed by atoms with Gasteiger partial charge in [0.05, 0.1) is 16.9 Å². The summed E-state index contributed by atoms with van der Waals surface area (Å²) in [5, 5.41) is 12.2. The van der Waals surface area contributed by atoms with Crippen LogP contribution in [-0.2, 0) is 0 Å². The molecule has 4 heteroatoms. The SMILES string of the molecule is Cc1cccc(C)c1Nc1cc(C(=O)O)ccc1N. The van der Waals surface area contributed by atoms with Crippen molar-refractivity contribution in [2.24, 2.45) is 0 Å². The number of rotatable bonds is 3. The van der Waals surface area contributed by atoms with Gasteiger partial charge in [0.2, 0.25) is 0 Å². The Morgan fingerprint density at radius 3 is 2.37 bits per heavy atom. The van der Waals surface area contributed by atoms with Gasteiger partial charge >= 0.3 is 5.97 Å². The number of hydrogen-bond acceptors (Lipinski definition) is 3. The van der Waals surface area contributed by atoms with Crippen molar-refractivity contribution in [2.45, 2.75) is 13.8 Å². The minimum absolute atomic E-state index is 0.211. The Morgan fingerprint density at radius 2 is 1.79 bits per heavy atom. The normalized spacial score (nSPS) is 10.2. The Kier molecular flexibility index (Phi) is 3.42. The monoisotopic (exact) mass is 256 g/mol. The summed E-state index contributed by atoms with van der Waals surface area (Å²) in [6, 6.07) is 10.6. The van der Waals surface area contributed by atoms with Gasteiger partial charge in [0.25, 0.3) is 0 Å². The second-order valence-corrected chi connectivity index (χ2v) is 4.50. The van der Waals surface area contributed by atoms with E-state index < -0.39 is 5.97 Å². The van der Waals surface area contributed by atoms with E-state index in [2.05, 4.69) is 5.32 Å². The number of para-hydroxylation sites is 1. The first-order chi connectivity index (χ1) is 8.99. The Bertz CT molecular complexity index is 616. The molecular weight excluding hydrogens is 240 g/mol. The van der Waals surface area contributed by atoms with Crippen LogP contribution in [0.15, 0.2) is 36.4 Å². The third kappa shape index (κ3) is 2.68. The Hall–Kier alpha value is -2.49. The van der Waals surface area contributed by atoms with E-state index in [0.717, 1.165) is 16.8 Å². The van der Waals surface area contributed by atoms with Crippen LogP contribution in [0.5, 0.6) is 0 Å². The standard InChI is InChI=1S/C15H16N2O2/c1-9-4-3-5-10(2)14(9)17-13-8-11(15(18)19)6-7-12(13)16/h3-8,17H,16H2,1-2H3,(H,18,19). The molecule has 0 aliphatic heterocycles. The van der Waals surface area contributed by atoms with Gasteiger partial charge in [-0.25, -0.2) is 4.79 Å². The molecule has 0 aliphatic rings. The van der Waals surface area contributed by atoms with Gasteiger partial charge in [-0.1, -0.05) is 18.2 Å². The van der Waals surface area contributed by atoms with E-state index in [0.29, 0.717) is 11.4 Å². The number of benzene rings is 2. The lowest BCUT2D eigenvalue weighted by Crippen LogP contribution is -2.03. The molecule has 2 rings (SSSR count). The van der Waals surface area contributed by atoms with Gasteiger partial charge in [0, 0.05) is 5.69 Å². The predicted octanol–water partition coefficient (Wildman–Crippen LogP) is 3.33. The molecular formula is C15H16N2O2. The maximum absolute atomic E-state index is 11.0. The van der Waals surface area contributed by atoms with Crippen LogP contribution in [0.25, 0.3) is 0 Å². The molecule has 0 saturated heterocycles. The molecule has 0 radical (unpaired) electrons. The van der Waals surface area contributed by atoms with Crippen molar-refractivity contribution in [2.75, 3.05) is 11.1 Å². The first kappa shape index (κ1) is 13.0. The summed E-state index contributed by atoms with van der Waals surface area (Å²) in [4.78, 5) is 11.0. The van der Waals surface area contributed by atoms with E-state index in [9.17, 15) is 4.79 Å². The van der Waals surface area contributed by atoms with Crippen LogP contribution in [0.3, 0.4) is 0 Å². The third-order valence-corrected chi connectivity index (χ3v) is 3.04. The van der Waals surface area contributed by atoms with E-state index >= 15 is 0 Å². The van der Waals surface area contributed by atoms with Gasteiger partial charge < -0.3 is 16.2 Å². The zero-order chi connectivity index (χ0) is 14.0. The fraction of sp³-hybridized carbons (Fsp3) is 0.133. The van der Waals surface area contributed by atoms with E-state index in [4.69, 9.17) is 10.8 Å². The smallest absolute Gasteiger partial charge is 0.335 e. The number of nitrogens with one attached hydrogen (secondary N) is 1. The number of carboxylic acids is 1. The van der Waals surface area contributed by atoms with Gasteiger partial charge in [0.15, 0.2) is 0 Å². The van der Waals surface area contributed by atoms with E-state index in [1.54, 1.807) is 12.1 Å². The number of carboxylic acid groups (broad SMARTS) is 1. The van der Waals surface area contributed by atoms with E-state index in [1.165, 1.54) is 6.07 Å². The highest BCUT2D eigenvalue weighted by Crippen LogP contribution is 2.28. The molecule has 0 fully saturated rings. The second kappa shape index (κ2) is 5.02. The molecule has 4 N–H and O–H groups in total. The molecule has 19 heavy (non-hydrogen) atoms.